The molecule has 2 unspecified atom stereocenters. The van der Waals surface area contributed by atoms with Crippen LogP contribution < -0.4 is 5.32 Å². The average Bonchev–Trinajstić information content (AvgIpc) is 2.98. The van der Waals surface area contributed by atoms with E-state index in [1.807, 2.05) is 4.90 Å². The maximum Gasteiger partial charge on any atom is 0.224 e. The predicted octanol–water partition coefficient (Wildman–Crippen LogP) is 1.30. The third-order valence-electron chi connectivity index (χ3n) is 4.87. The first-order chi connectivity index (χ1) is 10.1. The van der Waals surface area contributed by atoms with Crippen LogP contribution >= 0.6 is 0 Å². The molecule has 21 heavy (non-hydrogen) atoms. The van der Waals surface area contributed by atoms with Crippen LogP contribution in [0.5, 0.6) is 0 Å². The normalized spacial score (nSPS) is 24.9. The fourth-order valence-corrected chi connectivity index (χ4v) is 3.37. The molecular formula is C16H28N2O3. The van der Waals surface area contributed by atoms with Gasteiger partial charge in [0, 0.05) is 37.9 Å². The molecule has 2 aliphatic rings. The Morgan fingerprint density at radius 1 is 1.24 bits per heavy atom. The van der Waals surface area contributed by atoms with Crippen LogP contribution in [0.2, 0.25) is 0 Å². The maximum absolute atomic E-state index is 12.1. The van der Waals surface area contributed by atoms with E-state index in [1.54, 1.807) is 6.92 Å². The number of aliphatic hydroxyl groups excluding tert-OH is 1. The largest absolute Gasteiger partial charge is 0.393 e. The fraction of sp³-hybridized carbons (Fsp3) is 0.875. The van der Waals surface area contributed by atoms with E-state index in [1.165, 1.54) is 6.42 Å². The van der Waals surface area contributed by atoms with E-state index in [-0.39, 0.29) is 29.8 Å². The Bertz CT molecular complexity index is 365. The van der Waals surface area contributed by atoms with Crippen LogP contribution in [0.3, 0.4) is 0 Å². The monoisotopic (exact) mass is 296 g/mol. The number of hydrogen-bond acceptors (Lipinski definition) is 3. The second-order valence-electron chi connectivity index (χ2n) is 6.51. The van der Waals surface area contributed by atoms with Crippen molar-refractivity contribution in [3.05, 3.63) is 0 Å². The van der Waals surface area contributed by atoms with E-state index >= 15 is 0 Å². The van der Waals surface area contributed by atoms with Crippen LogP contribution in [-0.4, -0.2) is 47.6 Å². The van der Waals surface area contributed by atoms with Crippen LogP contribution in [0.25, 0.3) is 0 Å². The molecule has 0 radical (unpaired) electrons. The molecule has 5 heteroatoms. The molecule has 2 N–H and O–H groups in total. The highest BCUT2D eigenvalue weighted by molar-refractivity contribution is 5.80. The van der Waals surface area contributed by atoms with Gasteiger partial charge in [0.2, 0.25) is 11.8 Å². The third-order valence-corrected chi connectivity index (χ3v) is 4.87. The Kier molecular flexibility index (Phi) is 6.03. The zero-order valence-corrected chi connectivity index (χ0v) is 13.0. The number of aliphatic hydroxyl groups is 1. The lowest BCUT2D eigenvalue weighted by Gasteiger charge is -2.21. The molecule has 2 amide bonds. The van der Waals surface area contributed by atoms with Crippen LogP contribution in [0.4, 0.5) is 0 Å². The first kappa shape index (κ1) is 16.3. The summed E-state index contributed by atoms with van der Waals surface area (Å²) >= 11 is 0. The second kappa shape index (κ2) is 7.78. The highest BCUT2D eigenvalue weighted by Gasteiger charge is 2.28. The van der Waals surface area contributed by atoms with E-state index in [0.717, 1.165) is 38.6 Å². The minimum atomic E-state index is -0.353. The summed E-state index contributed by atoms with van der Waals surface area (Å²) in [4.78, 5) is 25.8. The van der Waals surface area contributed by atoms with Gasteiger partial charge in [-0.2, -0.15) is 0 Å². The lowest BCUT2D eigenvalue weighted by molar-refractivity contribution is -0.130. The molecule has 2 atom stereocenters. The van der Waals surface area contributed by atoms with Crippen molar-refractivity contribution >= 4 is 11.8 Å². The summed E-state index contributed by atoms with van der Waals surface area (Å²) in [6.07, 6.45) is 6.39. The van der Waals surface area contributed by atoms with Crippen molar-refractivity contribution < 1.29 is 14.7 Å². The molecule has 0 bridgehead atoms. The number of likely N-dealkylation sites (tertiary alicyclic amines) is 1. The number of amides is 2. The van der Waals surface area contributed by atoms with E-state index in [0.29, 0.717) is 19.5 Å². The molecule has 0 aromatic carbocycles. The number of rotatable bonds is 5. The maximum atomic E-state index is 12.1. The van der Waals surface area contributed by atoms with Gasteiger partial charge in [0.25, 0.3) is 0 Å². The topological polar surface area (TPSA) is 69.6 Å². The SMILES string of the molecule is CC(O)C1CCN(C(=O)CCNC(=O)C2CCCCC2)C1. The van der Waals surface area contributed by atoms with Crippen molar-refractivity contribution in [3.8, 4) is 0 Å². The average molecular weight is 296 g/mol. The summed E-state index contributed by atoms with van der Waals surface area (Å²) < 4.78 is 0. The van der Waals surface area contributed by atoms with Crippen molar-refractivity contribution in [1.29, 1.82) is 0 Å². The Balaban J connectivity index is 1.64. The van der Waals surface area contributed by atoms with Crippen molar-refractivity contribution in [2.24, 2.45) is 11.8 Å². The third kappa shape index (κ3) is 4.70. The summed E-state index contributed by atoms with van der Waals surface area (Å²) in [7, 11) is 0. The fourth-order valence-electron chi connectivity index (χ4n) is 3.37. The minimum Gasteiger partial charge on any atom is -0.393 e. The van der Waals surface area contributed by atoms with Crippen molar-refractivity contribution in [2.45, 2.75) is 58.0 Å². The van der Waals surface area contributed by atoms with Gasteiger partial charge in [0.1, 0.15) is 0 Å². The van der Waals surface area contributed by atoms with Crippen molar-refractivity contribution in [3.63, 3.8) is 0 Å². The smallest absolute Gasteiger partial charge is 0.224 e. The molecule has 2 fully saturated rings. The van der Waals surface area contributed by atoms with Crippen LogP contribution in [-0.2, 0) is 9.59 Å². The summed E-state index contributed by atoms with van der Waals surface area (Å²) in [5, 5.41) is 12.5. The van der Waals surface area contributed by atoms with Crippen LogP contribution in [0.15, 0.2) is 0 Å². The van der Waals surface area contributed by atoms with E-state index in [4.69, 9.17) is 0 Å². The van der Waals surface area contributed by atoms with Gasteiger partial charge in [-0.1, -0.05) is 19.3 Å². The molecule has 120 valence electrons. The summed E-state index contributed by atoms with van der Waals surface area (Å²) in [6.45, 7) is 3.59. The van der Waals surface area contributed by atoms with Gasteiger partial charge < -0.3 is 15.3 Å². The highest BCUT2D eigenvalue weighted by Crippen LogP contribution is 2.23. The lowest BCUT2D eigenvalue weighted by atomic mass is 9.89. The number of nitrogens with zero attached hydrogens (tertiary/aromatic N) is 1. The Labute approximate surface area is 127 Å². The molecule has 2 rings (SSSR count). The van der Waals surface area contributed by atoms with E-state index in [2.05, 4.69) is 5.32 Å². The standard InChI is InChI=1S/C16H28N2O3/c1-12(19)14-8-10-18(11-14)15(20)7-9-17-16(21)13-5-3-2-4-6-13/h12-14,19H,2-11H2,1H3,(H,17,21). The zero-order valence-electron chi connectivity index (χ0n) is 13.0. The van der Waals surface area contributed by atoms with Gasteiger partial charge in [0.15, 0.2) is 0 Å². The molecule has 1 aliphatic carbocycles. The quantitative estimate of drug-likeness (QED) is 0.803. The predicted molar refractivity (Wildman–Crippen MR) is 80.6 cm³/mol. The molecule has 1 aliphatic heterocycles. The number of carbonyl (C=O) groups excluding carboxylic acids is 2. The molecule has 5 nitrogen and oxygen atoms in total. The Hall–Kier alpha value is -1.10. The molecule has 0 aromatic heterocycles. The van der Waals surface area contributed by atoms with Gasteiger partial charge in [0.05, 0.1) is 6.10 Å². The summed E-state index contributed by atoms with van der Waals surface area (Å²) in [5.41, 5.74) is 0. The lowest BCUT2D eigenvalue weighted by Crippen LogP contribution is -2.36. The number of hydrogen-bond donors (Lipinski definition) is 2. The summed E-state index contributed by atoms with van der Waals surface area (Å²) in [6, 6.07) is 0. The first-order valence-electron chi connectivity index (χ1n) is 8.31. The van der Waals surface area contributed by atoms with Gasteiger partial charge in [-0.15, -0.1) is 0 Å². The van der Waals surface area contributed by atoms with Gasteiger partial charge in [-0.3, -0.25) is 9.59 Å². The van der Waals surface area contributed by atoms with Crippen molar-refractivity contribution in [1.82, 2.24) is 10.2 Å². The molecule has 0 spiro atoms. The van der Waals surface area contributed by atoms with Gasteiger partial charge in [-0.05, 0) is 26.2 Å². The van der Waals surface area contributed by atoms with Crippen LogP contribution in [0.1, 0.15) is 51.9 Å². The van der Waals surface area contributed by atoms with E-state index in [9.17, 15) is 14.7 Å². The first-order valence-corrected chi connectivity index (χ1v) is 8.31. The zero-order chi connectivity index (χ0) is 15.2. The minimum absolute atomic E-state index is 0.0853. The molecular weight excluding hydrogens is 268 g/mol. The van der Waals surface area contributed by atoms with Gasteiger partial charge in [-0.25, -0.2) is 0 Å². The molecule has 1 saturated heterocycles. The Morgan fingerprint density at radius 3 is 2.57 bits per heavy atom. The number of nitrogens with one attached hydrogen (secondary N) is 1. The Morgan fingerprint density at radius 2 is 1.95 bits per heavy atom. The number of carbonyl (C=O) groups is 2. The highest BCUT2D eigenvalue weighted by atomic mass is 16.3. The molecule has 1 heterocycles. The molecule has 0 aromatic rings. The van der Waals surface area contributed by atoms with Crippen LogP contribution in [0, 0.1) is 11.8 Å². The second-order valence-corrected chi connectivity index (χ2v) is 6.51. The van der Waals surface area contributed by atoms with E-state index < -0.39 is 0 Å². The van der Waals surface area contributed by atoms with Crippen molar-refractivity contribution in [2.75, 3.05) is 19.6 Å². The van der Waals surface area contributed by atoms with Gasteiger partial charge >= 0.3 is 0 Å². The summed E-state index contributed by atoms with van der Waals surface area (Å²) in [5.74, 6) is 0.555. The molecule has 1 saturated carbocycles.